The molecule has 1 aliphatic carbocycles. The Balaban J connectivity index is 1.85. The highest BCUT2D eigenvalue weighted by Crippen LogP contribution is 2.37. The maximum absolute atomic E-state index is 12.3. The van der Waals surface area contributed by atoms with Crippen LogP contribution in [0.2, 0.25) is 0 Å². The molecule has 1 heterocycles. The van der Waals surface area contributed by atoms with Gasteiger partial charge in [0.15, 0.2) is 6.61 Å². The summed E-state index contributed by atoms with van der Waals surface area (Å²) >= 11 is 0. The number of nitrogens with zero attached hydrogens (tertiary/aromatic N) is 2. The van der Waals surface area contributed by atoms with Crippen molar-refractivity contribution >= 4 is 23.7 Å². The second-order valence-corrected chi connectivity index (χ2v) is 7.44. The molecule has 3 unspecified atom stereocenters. The number of nitriles is 1. The molecule has 1 saturated carbocycles. The predicted octanol–water partition coefficient (Wildman–Crippen LogP) is 0.759. The van der Waals surface area contributed by atoms with Crippen LogP contribution in [0.3, 0.4) is 0 Å². The number of rotatable bonds is 6. The van der Waals surface area contributed by atoms with E-state index in [2.05, 4.69) is 5.32 Å². The summed E-state index contributed by atoms with van der Waals surface area (Å²) in [6.45, 7) is 4.13. The van der Waals surface area contributed by atoms with Crippen molar-refractivity contribution in [2.45, 2.75) is 52.0 Å². The van der Waals surface area contributed by atoms with Crippen LogP contribution in [0, 0.1) is 29.1 Å². The molecule has 3 amide bonds. The first-order chi connectivity index (χ1) is 12.2. The van der Waals surface area contributed by atoms with Crippen molar-refractivity contribution in [3.63, 3.8) is 0 Å². The van der Waals surface area contributed by atoms with Crippen LogP contribution in [-0.2, 0) is 23.9 Å². The number of carbonyl (C=O) groups is 4. The molecule has 1 N–H and O–H groups in total. The van der Waals surface area contributed by atoms with E-state index in [4.69, 9.17) is 4.74 Å². The smallest absolute Gasteiger partial charge is 0.326 e. The van der Waals surface area contributed by atoms with Crippen LogP contribution < -0.4 is 5.32 Å². The Morgan fingerprint density at radius 1 is 1.27 bits per heavy atom. The van der Waals surface area contributed by atoms with Gasteiger partial charge in [0.05, 0.1) is 17.9 Å². The summed E-state index contributed by atoms with van der Waals surface area (Å²) in [5.74, 6) is -2.84. The van der Waals surface area contributed by atoms with E-state index < -0.39 is 30.6 Å². The van der Waals surface area contributed by atoms with Gasteiger partial charge in [0.1, 0.15) is 12.1 Å². The van der Waals surface area contributed by atoms with Gasteiger partial charge in [-0.2, -0.15) is 5.26 Å². The van der Waals surface area contributed by atoms with Crippen molar-refractivity contribution in [3.8, 4) is 6.07 Å². The number of likely N-dealkylation sites (tertiary alicyclic amines) is 1. The highest BCUT2D eigenvalue weighted by atomic mass is 16.5. The standard InChI is InChI=1S/C18H25N3O5/c1-11(2)18(3,10-19)20-14(22)9-26-15(23)8-21-16(24)12-6-4-5-7-13(12)17(21)25/h11-13H,4-9H2,1-3H3,(H,20,22). The van der Waals surface area contributed by atoms with Crippen LogP contribution >= 0.6 is 0 Å². The minimum absolute atomic E-state index is 0.129. The minimum Gasteiger partial charge on any atom is -0.454 e. The van der Waals surface area contributed by atoms with Crippen LogP contribution in [0.4, 0.5) is 0 Å². The molecule has 2 fully saturated rings. The topological polar surface area (TPSA) is 117 Å². The predicted molar refractivity (Wildman–Crippen MR) is 90.1 cm³/mol. The second kappa shape index (κ2) is 7.85. The first-order valence-corrected chi connectivity index (χ1v) is 8.92. The van der Waals surface area contributed by atoms with Crippen LogP contribution in [0.1, 0.15) is 46.5 Å². The van der Waals surface area contributed by atoms with Gasteiger partial charge < -0.3 is 10.1 Å². The maximum Gasteiger partial charge on any atom is 0.326 e. The van der Waals surface area contributed by atoms with Crippen molar-refractivity contribution < 1.29 is 23.9 Å². The van der Waals surface area contributed by atoms with Gasteiger partial charge in [0, 0.05) is 0 Å². The zero-order chi connectivity index (χ0) is 19.5. The average molecular weight is 363 g/mol. The fourth-order valence-corrected chi connectivity index (χ4v) is 3.33. The minimum atomic E-state index is -1.07. The van der Waals surface area contributed by atoms with E-state index in [1.54, 1.807) is 20.8 Å². The van der Waals surface area contributed by atoms with Gasteiger partial charge in [-0.25, -0.2) is 0 Å². The molecule has 1 aliphatic heterocycles. The molecule has 0 aromatic rings. The van der Waals surface area contributed by atoms with E-state index in [0.717, 1.165) is 17.7 Å². The summed E-state index contributed by atoms with van der Waals surface area (Å²) in [6, 6.07) is 2.03. The lowest BCUT2D eigenvalue weighted by atomic mass is 9.81. The van der Waals surface area contributed by atoms with Crippen molar-refractivity contribution in [2.24, 2.45) is 17.8 Å². The van der Waals surface area contributed by atoms with Gasteiger partial charge in [-0.05, 0) is 25.7 Å². The van der Waals surface area contributed by atoms with Crippen LogP contribution in [-0.4, -0.2) is 47.3 Å². The third kappa shape index (κ3) is 4.03. The van der Waals surface area contributed by atoms with Gasteiger partial charge in [-0.15, -0.1) is 0 Å². The number of esters is 1. The molecule has 2 aliphatic rings. The lowest BCUT2D eigenvalue weighted by molar-refractivity contribution is -0.155. The molecule has 0 radical (unpaired) electrons. The van der Waals surface area contributed by atoms with Crippen molar-refractivity contribution in [3.05, 3.63) is 0 Å². The van der Waals surface area contributed by atoms with Gasteiger partial charge in [-0.1, -0.05) is 26.7 Å². The number of amides is 3. The van der Waals surface area contributed by atoms with Crippen molar-refractivity contribution in [2.75, 3.05) is 13.2 Å². The number of imide groups is 1. The third-order valence-electron chi connectivity index (χ3n) is 5.37. The molecule has 0 aromatic heterocycles. The Labute approximate surface area is 152 Å². The molecule has 3 atom stereocenters. The molecule has 2 rings (SSSR count). The fourth-order valence-electron chi connectivity index (χ4n) is 3.33. The monoisotopic (exact) mass is 363 g/mol. The number of carbonyl (C=O) groups excluding carboxylic acids is 4. The number of nitrogens with one attached hydrogen (secondary N) is 1. The number of ether oxygens (including phenoxy) is 1. The molecular weight excluding hydrogens is 338 g/mol. The molecule has 26 heavy (non-hydrogen) atoms. The Bertz CT molecular complexity index is 630. The zero-order valence-corrected chi connectivity index (χ0v) is 15.4. The summed E-state index contributed by atoms with van der Waals surface area (Å²) in [4.78, 5) is 49.4. The normalized spacial score (nSPS) is 24.7. The van der Waals surface area contributed by atoms with E-state index >= 15 is 0 Å². The second-order valence-electron chi connectivity index (χ2n) is 7.44. The summed E-state index contributed by atoms with van der Waals surface area (Å²) < 4.78 is 4.88. The van der Waals surface area contributed by atoms with Crippen molar-refractivity contribution in [1.29, 1.82) is 5.26 Å². The quantitative estimate of drug-likeness (QED) is 0.550. The summed E-state index contributed by atoms with van der Waals surface area (Å²) in [7, 11) is 0. The van der Waals surface area contributed by atoms with E-state index in [1.165, 1.54) is 0 Å². The van der Waals surface area contributed by atoms with Crippen LogP contribution in [0.15, 0.2) is 0 Å². The zero-order valence-electron chi connectivity index (χ0n) is 15.4. The lowest BCUT2D eigenvalue weighted by Crippen LogP contribution is -2.50. The summed E-state index contributed by atoms with van der Waals surface area (Å²) in [5, 5.41) is 11.7. The summed E-state index contributed by atoms with van der Waals surface area (Å²) in [5.41, 5.74) is -1.07. The van der Waals surface area contributed by atoms with Gasteiger partial charge in [-0.3, -0.25) is 24.1 Å². The molecule has 8 heteroatoms. The van der Waals surface area contributed by atoms with Gasteiger partial charge in [0.2, 0.25) is 11.8 Å². The first-order valence-electron chi connectivity index (χ1n) is 8.92. The molecule has 142 valence electrons. The number of hydrogen-bond donors (Lipinski definition) is 1. The van der Waals surface area contributed by atoms with Gasteiger partial charge in [0.25, 0.3) is 5.91 Å². The van der Waals surface area contributed by atoms with Crippen LogP contribution in [0.25, 0.3) is 0 Å². The third-order valence-corrected chi connectivity index (χ3v) is 5.37. The molecule has 1 saturated heterocycles. The van der Waals surface area contributed by atoms with E-state index in [-0.39, 0.29) is 29.6 Å². The van der Waals surface area contributed by atoms with E-state index in [0.29, 0.717) is 12.8 Å². The highest BCUT2D eigenvalue weighted by molar-refractivity contribution is 6.07. The Hall–Kier alpha value is -2.43. The number of hydrogen-bond acceptors (Lipinski definition) is 6. The fraction of sp³-hybridized carbons (Fsp3) is 0.722. The van der Waals surface area contributed by atoms with Crippen molar-refractivity contribution in [1.82, 2.24) is 10.2 Å². The highest BCUT2D eigenvalue weighted by Gasteiger charge is 2.48. The Morgan fingerprint density at radius 2 is 1.81 bits per heavy atom. The molecule has 0 aromatic carbocycles. The average Bonchev–Trinajstić information content (AvgIpc) is 2.85. The molecule has 0 bridgehead atoms. The molecular formula is C18H25N3O5. The SMILES string of the molecule is CC(C)C(C)(C#N)NC(=O)COC(=O)CN1C(=O)C2CCCCC2C1=O. The first kappa shape index (κ1) is 19.9. The molecule has 8 nitrogen and oxygen atoms in total. The summed E-state index contributed by atoms with van der Waals surface area (Å²) in [6.07, 6.45) is 3.16. The Morgan fingerprint density at radius 3 is 2.27 bits per heavy atom. The Kier molecular flexibility index (Phi) is 6.01. The van der Waals surface area contributed by atoms with Crippen LogP contribution in [0.5, 0.6) is 0 Å². The van der Waals surface area contributed by atoms with Gasteiger partial charge >= 0.3 is 5.97 Å². The van der Waals surface area contributed by atoms with E-state index in [9.17, 15) is 24.4 Å². The molecule has 0 spiro atoms. The lowest BCUT2D eigenvalue weighted by Gasteiger charge is -2.27. The number of fused-ring (bicyclic) bond motifs is 1. The van der Waals surface area contributed by atoms with E-state index in [1.807, 2.05) is 6.07 Å². The maximum atomic E-state index is 12.3. The largest absolute Gasteiger partial charge is 0.454 e.